The van der Waals surface area contributed by atoms with E-state index in [-0.39, 0.29) is 11.8 Å². The molecule has 31 heavy (non-hydrogen) atoms. The topological polar surface area (TPSA) is 32.3 Å². The fourth-order valence-corrected chi connectivity index (χ4v) is 5.04. The number of nitrogens with zero attached hydrogens (tertiary/aromatic N) is 1. The highest BCUT2D eigenvalue weighted by molar-refractivity contribution is 7.99. The number of rotatable bonds is 8. The maximum atomic E-state index is 12.1. The van der Waals surface area contributed by atoms with Crippen molar-refractivity contribution in [3.63, 3.8) is 0 Å². The Morgan fingerprint density at radius 1 is 1.06 bits per heavy atom. The molecule has 0 bridgehead atoms. The molecular formula is C27H38N2OS. The standard InChI is InChI=1S/C27H38N2OS/c1-19(2)27(30)28-24-9-6-21(5)26(18-24)23-13-16-29(17-14-23)15-12-22-7-10-25(11-8-22)31-20(3)4/h6-11,18-20,23H,12-17H2,1-5H3,(H,28,30). The van der Waals surface area contributed by atoms with Crippen LogP contribution in [0.1, 0.15) is 63.1 Å². The molecule has 2 aromatic carbocycles. The van der Waals surface area contributed by atoms with Gasteiger partial charge in [0, 0.05) is 28.3 Å². The molecule has 3 nitrogen and oxygen atoms in total. The molecule has 1 aliphatic heterocycles. The normalized spacial score (nSPS) is 15.6. The first kappa shape index (κ1) is 23.9. The van der Waals surface area contributed by atoms with Gasteiger partial charge in [-0.3, -0.25) is 4.79 Å². The van der Waals surface area contributed by atoms with Crippen molar-refractivity contribution in [3.8, 4) is 0 Å². The average molecular weight is 439 g/mol. The molecule has 0 aliphatic carbocycles. The molecule has 0 spiro atoms. The van der Waals surface area contributed by atoms with E-state index < -0.39 is 0 Å². The van der Waals surface area contributed by atoms with Crippen molar-refractivity contribution >= 4 is 23.4 Å². The van der Waals surface area contributed by atoms with Crippen LogP contribution in [0.25, 0.3) is 0 Å². The highest BCUT2D eigenvalue weighted by atomic mass is 32.2. The molecule has 3 rings (SSSR count). The molecule has 168 valence electrons. The molecule has 1 aliphatic rings. The Bertz CT molecular complexity index is 852. The van der Waals surface area contributed by atoms with E-state index in [1.54, 1.807) is 0 Å². The highest BCUT2D eigenvalue weighted by Gasteiger charge is 2.22. The second-order valence-electron chi connectivity index (χ2n) is 9.39. The van der Waals surface area contributed by atoms with E-state index in [9.17, 15) is 4.79 Å². The predicted molar refractivity (Wildman–Crippen MR) is 134 cm³/mol. The Morgan fingerprint density at radius 2 is 1.74 bits per heavy atom. The number of hydrogen-bond acceptors (Lipinski definition) is 3. The van der Waals surface area contributed by atoms with Crippen LogP contribution in [0.2, 0.25) is 0 Å². The van der Waals surface area contributed by atoms with Crippen LogP contribution in [0.4, 0.5) is 5.69 Å². The Hall–Kier alpha value is -1.78. The van der Waals surface area contributed by atoms with E-state index in [0.29, 0.717) is 11.2 Å². The van der Waals surface area contributed by atoms with E-state index in [2.05, 4.69) is 67.4 Å². The van der Waals surface area contributed by atoms with Gasteiger partial charge in [-0.2, -0.15) is 0 Å². The summed E-state index contributed by atoms with van der Waals surface area (Å²) in [6.07, 6.45) is 3.49. The van der Waals surface area contributed by atoms with Crippen LogP contribution in [-0.2, 0) is 11.2 Å². The van der Waals surface area contributed by atoms with E-state index in [1.807, 2.05) is 31.7 Å². The smallest absolute Gasteiger partial charge is 0.226 e. The number of aryl methyl sites for hydroxylation is 1. The summed E-state index contributed by atoms with van der Waals surface area (Å²) in [6, 6.07) is 15.5. The summed E-state index contributed by atoms with van der Waals surface area (Å²) in [6.45, 7) is 14.0. The van der Waals surface area contributed by atoms with Gasteiger partial charge in [0.25, 0.3) is 0 Å². The van der Waals surface area contributed by atoms with Gasteiger partial charge >= 0.3 is 0 Å². The second-order valence-corrected chi connectivity index (χ2v) is 11.0. The number of amides is 1. The SMILES string of the molecule is Cc1ccc(NC(=O)C(C)C)cc1C1CCN(CCc2ccc(SC(C)C)cc2)CC1. The van der Waals surface area contributed by atoms with Crippen molar-refractivity contribution in [2.75, 3.05) is 25.0 Å². The van der Waals surface area contributed by atoms with Gasteiger partial charge in [0.2, 0.25) is 5.91 Å². The van der Waals surface area contributed by atoms with Crippen LogP contribution in [0.15, 0.2) is 47.4 Å². The summed E-state index contributed by atoms with van der Waals surface area (Å²) in [4.78, 5) is 16.0. The Morgan fingerprint density at radius 3 is 2.35 bits per heavy atom. The molecule has 0 unspecified atom stereocenters. The third-order valence-corrected chi connectivity index (χ3v) is 7.13. The summed E-state index contributed by atoms with van der Waals surface area (Å²) in [5, 5.41) is 3.69. The van der Waals surface area contributed by atoms with Gasteiger partial charge in [-0.15, -0.1) is 11.8 Å². The van der Waals surface area contributed by atoms with Crippen LogP contribution in [0.3, 0.4) is 0 Å². The maximum Gasteiger partial charge on any atom is 0.226 e. The number of carbonyl (C=O) groups excluding carboxylic acids is 1. The van der Waals surface area contributed by atoms with E-state index in [4.69, 9.17) is 0 Å². The monoisotopic (exact) mass is 438 g/mol. The number of likely N-dealkylation sites (tertiary alicyclic amines) is 1. The molecule has 1 fully saturated rings. The summed E-state index contributed by atoms with van der Waals surface area (Å²) in [7, 11) is 0. The molecule has 0 saturated carbocycles. The third-order valence-electron chi connectivity index (χ3n) is 6.11. The van der Waals surface area contributed by atoms with Gasteiger partial charge in [-0.05, 0) is 86.1 Å². The summed E-state index contributed by atoms with van der Waals surface area (Å²) in [5.41, 5.74) is 5.10. The largest absolute Gasteiger partial charge is 0.326 e. The molecule has 0 aromatic heterocycles. The molecule has 1 N–H and O–H groups in total. The van der Waals surface area contributed by atoms with Gasteiger partial charge in [-0.25, -0.2) is 0 Å². The molecule has 0 atom stereocenters. The minimum atomic E-state index is -0.00171. The van der Waals surface area contributed by atoms with E-state index >= 15 is 0 Å². The zero-order valence-corrected chi connectivity index (χ0v) is 20.6. The zero-order valence-electron chi connectivity index (χ0n) is 19.8. The lowest BCUT2D eigenvalue weighted by molar-refractivity contribution is -0.118. The van der Waals surface area contributed by atoms with Crippen LogP contribution in [0, 0.1) is 12.8 Å². The van der Waals surface area contributed by atoms with Gasteiger partial charge in [0.05, 0.1) is 0 Å². The van der Waals surface area contributed by atoms with Crippen molar-refractivity contribution < 1.29 is 4.79 Å². The van der Waals surface area contributed by atoms with Gasteiger partial charge < -0.3 is 10.2 Å². The number of nitrogens with one attached hydrogen (secondary N) is 1. The molecular weight excluding hydrogens is 400 g/mol. The van der Waals surface area contributed by atoms with Crippen LogP contribution < -0.4 is 5.32 Å². The lowest BCUT2D eigenvalue weighted by atomic mass is 9.86. The van der Waals surface area contributed by atoms with E-state index in [0.717, 1.165) is 31.7 Å². The Kier molecular flexibility index (Phi) is 8.62. The van der Waals surface area contributed by atoms with Gasteiger partial charge in [-0.1, -0.05) is 45.9 Å². The van der Waals surface area contributed by atoms with Crippen molar-refractivity contribution in [2.45, 2.75) is 69.9 Å². The highest BCUT2D eigenvalue weighted by Crippen LogP contribution is 2.32. The van der Waals surface area contributed by atoms with E-state index in [1.165, 1.54) is 34.4 Å². The Balaban J connectivity index is 1.51. The number of piperidine rings is 1. The van der Waals surface area contributed by atoms with Crippen LogP contribution >= 0.6 is 11.8 Å². The number of carbonyl (C=O) groups is 1. The summed E-state index contributed by atoms with van der Waals surface area (Å²) >= 11 is 1.92. The molecule has 1 amide bonds. The second kappa shape index (κ2) is 11.2. The van der Waals surface area contributed by atoms with Crippen molar-refractivity contribution in [3.05, 3.63) is 59.2 Å². The molecule has 2 aromatic rings. The van der Waals surface area contributed by atoms with Gasteiger partial charge in [0.1, 0.15) is 0 Å². The summed E-state index contributed by atoms with van der Waals surface area (Å²) in [5.74, 6) is 0.665. The molecule has 1 heterocycles. The fourth-order valence-electron chi connectivity index (χ4n) is 4.21. The summed E-state index contributed by atoms with van der Waals surface area (Å²) < 4.78 is 0. The molecule has 1 saturated heterocycles. The quantitative estimate of drug-likeness (QED) is 0.477. The first-order valence-corrected chi connectivity index (χ1v) is 12.6. The minimum Gasteiger partial charge on any atom is -0.326 e. The van der Waals surface area contributed by atoms with Crippen molar-refractivity contribution in [1.82, 2.24) is 4.90 Å². The number of anilines is 1. The lowest BCUT2D eigenvalue weighted by Gasteiger charge is -2.33. The molecule has 4 heteroatoms. The molecule has 0 radical (unpaired) electrons. The van der Waals surface area contributed by atoms with Crippen molar-refractivity contribution in [2.24, 2.45) is 5.92 Å². The van der Waals surface area contributed by atoms with Crippen LogP contribution in [0.5, 0.6) is 0 Å². The first-order chi connectivity index (χ1) is 14.8. The minimum absolute atomic E-state index is 0.00171. The number of hydrogen-bond donors (Lipinski definition) is 1. The Labute approximate surface area is 193 Å². The zero-order chi connectivity index (χ0) is 22.4. The fraction of sp³-hybridized carbons (Fsp3) is 0.519. The van der Waals surface area contributed by atoms with Gasteiger partial charge in [0.15, 0.2) is 0 Å². The van der Waals surface area contributed by atoms with Crippen LogP contribution in [-0.4, -0.2) is 35.7 Å². The van der Waals surface area contributed by atoms with Crippen molar-refractivity contribution in [1.29, 1.82) is 0 Å². The third kappa shape index (κ3) is 7.11. The maximum absolute atomic E-state index is 12.1. The number of benzene rings is 2. The lowest BCUT2D eigenvalue weighted by Crippen LogP contribution is -2.34. The number of thioether (sulfide) groups is 1. The predicted octanol–water partition coefficient (Wildman–Crippen LogP) is 6.51. The average Bonchev–Trinajstić information content (AvgIpc) is 2.74. The first-order valence-electron chi connectivity index (χ1n) is 11.7.